The number of amides is 1. The summed E-state index contributed by atoms with van der Waals surface area (Å²) in [5, 5.41) is 5.45. The molecule has 108 valence electrons. The van der Waals surface area contributed by atoms with Crippen molar-refractivity contribution in [3.63, 3.8) is 0 Å². The van der Waals surface area contributed by atoms with Gasteiger partial charge in [0.05, 0.1) is 0 Å². The second-order valence-corrected chi connectivity index (χ2v) is 6.61. The molecule has 1 N–H and O–H groups in total. The van der Waals surface area contributed by atoms with Gasteiger partial charge in [0.1, 0.15) is 0 Å². The summed E-state index contributed by atoms with van der Waals surface area (Å²) in [5.41, 5.74) is 1.36. The van der Waals surface area contributed by atoms with E-state index in [1.807, 2.05) is 0 Å². The molecule has 0 saturated heterocycles. The normalized spacial score (nSPS) is 30.7. The van der Waals surface area contributed by atoms with Crippen molar-refractivity contribution in [2.75, 3.05) is 7.05 Å². The fourth-order valence-corrected chi connectivity index (χ4v) is 4.73. The number of benzene rings is 2. The van der Waals surface area contributed by atoms with Crippen molar-refractivity contribution in [3.05, 3.63) is 48.0 Å². The van der Waals surface area contributed by atoms with E-state index in [0.29, 0.717) is 17.8 Å². The summed E-state index contributed by atoms with van der Waals surface area (Å²) in [6.07, 6.45) is 3.75. The molecule has 0 spiro atoms. The van der Waals surface area contributed by atoms with E-state index in [9.17, 15) is 4.79 Å². The van der Waals surface area contributed by atoms with Crippen LogP contribution in [-0.2, 0) is 4.79 Å². The third-order valence-electron chi connectivity index (χ3n) is 5.62. The smallest absolute Gasteiger partial charge is 0.223 e. The zero-order valence-corrected chi connectivity index (χ0v) is 12.4. The van der Waals surface area contributed by atoms with Crippen molar-refractivity contribution >= 4 is 16.7 Å². The van der Waals surface area contributed by atoms with Crippen LogP contribution in [0.3, 0.4) is 0 Å². The SMILES string of the molecule is CNC(=O)C1C(c2ccc3ccccc3c2)[C@H]2CC[C@H]1C2. The molecule has 2 bridgehead atoms. The van der Waals surface area contributed by atoms with Gasteiger partial charge >= 0.3 is 0 Å². The van der Waals surface area contributed by atoms with E-state index in [-0.39, 0.29) is 11.8 Å². The summed E-state index contributed by atoms with van der Waals surface area (Å²) < 4.78 is 0. The Bertz CT molecular complexity index is 693. The van der Waals surface area contributed by atoms with Crippen LogP contribution in [0.4, 0.5) is 0 Å². The molecule has 2 aromatic carbocycles. The van der Waals surface area contributed by atoms with Crippen molar-refractivity contribution in [1.82, 2.24) is 5.32 Å². The van der Waals surface area contributed by atoms with Crippen LogP contribution in [0.15, 0.2) is 42.5 Å². The van der Waals surface area contributed by atoms with E-state index in [4.69, 9.17) is 0 Å². The maximum absolute atomic E-state index is 12.3. The van der Waals surface area contributed by atoms with Crippen molar-refractivity contribution in [2.45, 2.75) is 25.2 Å². The third kappa shape index (κ3) is 1.97. The molecule has 2 nitrogen and oxygen atoms in total. The third-order valence-corrected chi connectivity index (χ3v) is 5.62. The lowest BCUT2D eigenvalue weighted by Crippen LogP contribution is -2.35. The first-order valence-corrected chi connectivity index (χ1v) is 7.98. The lowest BCUT2D eigenvalue weighted by molar-refractivity contribution is -0.126. The van der Waals surface area contributed by atoms with Gasteiger partial charge in [0.15, 0.2) is 0 Å². The van der Waals surface area contributed by atoms with Crippen LogP contribution in [0.1, 0.15) is 30.7 Å². The maximum Gasteiger partial charge on any atom is 0.223 e. The highest BCUT2D eigenvalue weighted by Gasteiger charge is 2.50. The summed E-state index contributed by atoms with van der Waals surface area (Å²) in [6.45, 7) is 0. The maximum atomic E-state index is 12.3. The second kappa shape index (κ2) is 4.87. The van der Waals surface area contributed by atoms with Gasteiger partial charge in [-0.1, -0.05) is 42.5 Å². The predicted octanol–water partition coefficient (Wildman–Crippen LogP) is 3.72. The van der Waals surface area contributed by atoms with Crippen LogP contribution < -0.4 is 5.32 Å². The van der Waals surface area contributed by atoms with Crippen molar-refractivity contribution in [3.8, 4) is 0 Å². The van der Waals surface area contributed by atoms with Crippen LogP contribution in [0.25, 0.3) is 10.8 Å². The molecule has 1 amide bonds. The molecular formula is C19H21NO. The van der Waals surface area contributed by atoms with E-state index in [2.05, 4.69) is 47.8 Å². The zero-order valence-electron chi connectivity index (χ0n) is 12.4. The van der Waals surface area contributed by atoms with E-state index in [1.165, 1.54) is 35.6 Å². The van der Waals surface area contributed by atoms with Crippen LogP contribution in [0.5, 0.6) is 0 Å². The highest BCUT2D eigenvalue weighted by Crippen LogP contribution is 2.56. The number of fused-ring (bicyclic) bond motifs is 3. The molecule has 2 aliphatic rings. The first-order valence-electron chi connectivity index (χ1n) is 7.98. The van der Waals surface area contributed by atoms with E-state index in [1.54, 1.807) is 7.05 Å². The van der Waals surface area contributed by atoms with Crippen LogP contribution in [0.2, 0.25) is 0 Å². The fraction of sp³-hybridized carbons (Fsp3) is 0.421. The van der Waals surface area contributed by atoms with Crippen molar-refractivity contribution in [2.24, 2.45) is 17.8 Å². The van der Waals surface area contributed by atoms with Gasteiger partial charge in [0, 0.05) is 13.0 Å². The molecule has 2 fully saturated rings. The Balaban J connectivity index is 1.77. The minimum absolute atomic E-state index is 0.176. The van der Waals surface area contributed by atoms with E-state index < -0.39 is 0 Å². The highest BCUT2D eigenvalue weighted by atomic mass is 16.1. The number of nitrogens with one attached hydrogen (secondary N) is 1. The van der Waals surface area contributed by atoms with E-state index in [0.717, 1.165) is 0 Å². The molecule has 2 unspecified atom stereocenters. The Kier molecular flexibility index (Phi) is 2.99. The Morgan fingerprint density at radius 1 is 1.05 bits per heavy atom. The predicted molar refractivity (Wildman–Crippen MR) is 85.1 cm³/mol. The zero-order chi connectivity index (χ0) is 14.4. The summed E-state index contributed by atoms with van der Waals surface area (Å²) in [6, 6.07) is 15.2. The molecule has 2 saturated carbocycles. The van der Waals surface area contributed by atoms with Gasteiger partial charge in [-0.3, -0.25) is 4.79 Å². The minimum atomic E-state index is 0.176. The first-order chi connectivity index (χ1) is 10.3. The van der Waals surface area contributed by atoms with Gasteiger partial charge in [0.2, 0.25) is 5.91 Å². The molecule has 2 heteroatoms. The molecule has 2 aromatic rings. The molecule has 2 aliphatic carbocycles. The molecule has 0 aliphatic heterocycles. The number of hydrogen-bond donors (Lipinski definition) is 1. The number of rotatable bonds is 2. The lowest BCUT2D eigenvalue weighted by atomic mass is 9.74. The molecule has 4 atom stereocenters. The quantitative estimate of drug-likeness (QED) is 0.892. The van der Waals surface area contributed by atoms with Gasteiger partial charge in [-0.25, -0.2) is 0 Å². The Labute approximate surface area is 125 Å². The average Bonchev–Trinajstić information content (AvgIpc) is 3.14. The Morgan fingerprint density at radius 2 is 1.81 bits per heavy atom. The number of hydrogen-bond acceptors (Lipinski definition) is 1. The standard InChI is InChI=1S/C19H21NO/c1-20-19(21)18-16-9-8-15(11-16)17(18)14-7-6-12-4-2-3-5-13(12)10-14/h2-7,10,15-18H,8-9,11H2,1H3,(H,20,21)/t15-,16-,17?,18?/m0/s1. The fourth-order valence-electron chi connectivity index (χ4n) is 4.73. The van der Waals surface area contributed by atoms with Gasteiger partial charge in [-0.05, 0) is 53.4 Å². The molecule has 4 rings (SSSR count). The molecule has 0 heterocycles. The van der Waals surface area contributed by atoms with Gasteiger partial charge in [-0.15, -0.1) is 0 Å². The molecule has 0 aromatic heterocycles. The second-order valence-electron chi connectivity index (χ2n) is 6.61. The Hall–Kier alpha value is -1.83. The first kappa shape index (κ1) is 12.9. The summed E-state index contributed by atoms with van der Waals surface area (Å²) in [7, 11) is 1.77. The van der Waals surface area contributed by atoms with E-state index >= 15 is 0 Å². The number of carbonyl (C=O) groups is 1. The van der Waals surface area contributed by atoms with Crippen LogP contribution in [0, 0.1) is 17.8 Å². The lowest BCUT2D eigenvalue weighted by Gasteiger charge is -2.30. The summed E-state index contributed by atoms with van der Waals surface area (Å²) >= 11 is 0. The highest BCUT2D eigenvalue weighted by molar-refractivity contribution is 5.84. The van der Waals surface area contributed by atoms with Gasteiger partial charge in [-0.2, -0.15) is 0 Å². The minimum Gasteiger partial charge on any atom is -0.359 e. The van der Waals surface area contributed by atoms with Gasteiger partial charge < -0.3 is 5.32 Å². The molecule has 21 heavy (non-hydrogen) atoms. The topological polar surface area (TPSA) is 29.1 Å². The summed E-state index contributed by atoms with van der Waals surface area (Å²) in [5.74, 6) is 2.11. The van der Waals surface area contributed by atoms with Crippen LogP contribution in [-0.4, -0.2) is 13.0 Å². The van der Waals surface area contributed by atoms with Crippen molar-refractivity contribution < 1.29 is 4.79 Å². The van der Waals surface area contributed by atoms with Crippen LogP contribution >= 0.6 is 0 Å². The summed E-state index contributed by atoms with van der Waals surface area (Å²) in [4.78, 5) is 12.3. The number of carbonyl (C=O) groups excluding carboxylic acids is 1. The van der Waals surface area contributed by atoms with Gasteiger partial charge in [0.25, 0.3) is 0 Å². The molecule has 0 radical (unpaired) electrons. The largest absolute Gasteiger partial charge is 0.359 e. The average molecular weight is 279 g/mol. The molecular weight excluding hydrogens is 258 g/mol. The monoisotopic (exact) mass is 279 g/mol. The van der Waals surface area contributed by atoms with Crippen molar-refractivity contribution in [1.29, 1.82) is 0 Å². The Morgan fingerprint density at radius 3 is 2.62 bits per heavy atom.